The summed E-state index contributed by atoms with van der Waals surface area (Å²) in [6.45, 7) is 14.5. The van der Waals surface area contributed by atoms with Crippen molar-refractivity contribution in [2.75, 3.05) is 0 Å². The zero-order valence-corrected chi connectivity index (χ0v) is 21.6. The number of carboxylic acid groups (broad SMARTS) is 1. The van der Waals surface area contributed by atoms with E-state index in [0.29, 0.717) is 37.5 Å². The van der Waals surface area contributed by atoms with E-state index in [0.717, 1.165) is 42.4 Å². The maximum absolute atomic E-state index is 13.9. The number of allylic oxidation sites excluding steroid dienone is 1. The molecule has 10 atom stereocenters. The molecular formula is C29H44O5. The molecule has 0 aromatic carbocycles. The molecule has 2 saturated carbocycles. The van der Waals surface area contributed by atoms with Crippen molar-refractivity contribution in [3.05, 3.63) is 23.3 Å². The van der Waals surface area contributed by atoms with E-state index in [1.54, 1.807) is 6.92 Å². The number of carbonyl (C=O) groups is 2. The van der Waals surface area contributed by atoms with Gasteiger partial charge in [-0.3, -0.25) is 9.59 Å². The molecule has 0 radical (unpaired) electrons. The van der Waals surface area contributed by atoms with E-state index in [-0.39, 0.29) is 40.5 Å². The molecule has 0 spiro atoms. The van der Waals surface area contributed by atoms with Crippen molar-refractivity contribution < 1.29 is 24.9 Å². The Labute approximate surface area is 204 Å². The lowest BCUT2D eigenvalue weighted by Crippen LogP contribution is -2.54. The Morgan fingerprint density at radius 3 is 2.50 bits per heavy atom. The molecule has 0 saturated heterocycles. The highest BCUT2D eigenvalue weighted by Gasteiger charge is 2.61. The summed E-state index contributed by atoms with van der Waals surface area (Å²) in [5.41, 5.74) is 2.28. The van der Waals surface area contributed by atoms with Crippen LogP contribution in [0.25, 0.3) is 0 Å². The molecule has 0 unspecified atom stereocenters. The van der Waals surface area contributed by atoms with Crippen LogP contribution in [0.1, 0.15) is 86.0 Å². The Hall–Kier alpha value is -1.46. The molecule has 190 valence electrons. The Morgan fingerprint density at radius 1 is 1.18 bits per heavy atom. The highest BCUT2D eigenvalue weighted by Crippen LogP contribution is 2.65. The summed E-state index contributed by atoms with van der Waals surface area (Å²) in [6, 6.07) is 0. The number of ketones is 1. The van der Waals surface area contributed by atoms with Crippen molar-refractivity contribution in [3.63, 3.8) is 0 Å². The lowest BCUT2D eigenvalue weighted by Gasteiger charge is -2.57. The Morgan fingerprint density at radius 2 is 1.85 bits per heavy atom. The van der Waals surface area contributed by atoms with Gasteiger partial charge in [-0.15, -0.1) is 0 Å². The van der Waals surface area contributed by atoms with E-state index in [9.17, 15) is 24.9 Å². The third-order valence-electron chi connectivity index (χ3n) is 10.9. The van der Waals surface area contributed by atoms with Crippen molar-refractivity contribution in [1.82, 2.24) is 0 Å². The van der Waals surface area contributed by atoms with Gasteiger partial charge in [-0.2, -0.15) is 0 Å². The Bertz CT molecular complexity index is 904. The number of carbonyl (C=O) groups excluding carboxylic acids is 1. The molecule has 2 fully saturated rings. The summed E-state index contributed by atoms with van der Waals surface area (Å²) >= 11 is 0. The molecule has 0 aromatic rings. The van der Waals surface area contributed by atoms with Gasteiger partial charge in [0.15, 0.2) is 5.78 Å². The maximum Gasteiger partial charge on any atom is 0.310 e. The largest absolute Gasteiger partial charge is 0.481 e. The van der Waals surface area contributed by atoms with E-state index >= 15 is 0 Å². The van der Waals surface area contributed by atoms with Crippen molar-refractivity contribution in [2.45, 2.75) is 98.2 Å². The van der Waals surface area contributed by atoms with Crippen molar-refractivity contribution in [2.24, 2.45) is 46.3 Å². The second-order valence-corrected chi connectivity index (χ2v) is 12.6. The smallest absolute Gasteiger partial charge is 0.310 e. The average Bonchev–Trinajstić information content (AvgIpc) is 3.11. The summed E-state index contributed by atoms with van der Waals surface area (Å²) in [7, 11) is 0. The van der Waals surface area contributed by atoms with Gasteiger partial charge in [0.25, 0.3) is 0 Å². The zero-order chi connectivity index (χ0) is 25.2. The van der Waals surface area contributed by atoms with E-state index < -0.39 is 18.0 Å². The van der Waals surface area contributed by atoms with Gasteiger partial charge in [-0.05, 0) is 97.9 Å². The van der Waals surface area contributed by atoms with Crippen LogP contribution >= 0.6 is 0 Å². The average molecular weight is 473 g/mol. The molecule has 0 aromatic heterocycles. The maximum atomic E-state index is 13.9. The Balaban J connectivity index is 1.60. The number of fused-ring (bicyclic) bond motifs is 4. The van der Waals surface area contributed by atoms with Crippen molar-refractivity contribution >= 4 is 11.8 Å². The van der Waals surface area contributed by atoms with Crippen LogP contribution in [-0.2, 0) is 9.59 Å². The quantitative estimate of drug-likeness (QED) is 0.464. The summed E-state index contributed by atoms with van der Waals surface area (Å²) in [5, 5.41) is 31.2. The van der Waals surface area contributed by atoms with Crippen LogP contribution in [0.3, 0.4) is 0 Å². The number of rotatable bonds is 6. The van der Waals surface area contributed by atoms with Crippen LogP contribution in [0.2, 0.25) is 0 Å². The molecule has 34 heavy (non-hydrogen) atoms. The third-order valence-corrected chi connectivity index (χ3v) is 10.9. The molecule has 0 amide bonds. The number of aliphatic hydroxyl groups is 2. The van der Waals surface area contributed by atoms with Crippen LogP contribution in [0.4, 0.5) is 0 Å². The lowest BCUT2D eigenvalue weighted by molar-refractivity contribution is -0.140. The van der Waals surface area contributed by atoms with Crippen LogP contribution < -0.4 is 0 Å². The van der Waals surface area contributed by atoms with E-state index in [2.05, 4.69) is 34.3 Å². The van der Waals surface area contributed by atoms with Gasteiger partial charge in [0, 0.05) is 12.0 Å². The lowest BCUT2D eigenvalue weighted by atomic mass is 9.48. The Kier molecular flexibility index (Phi) is 6.70. The van der Waals surface area contributed by atoms with Gasteiger partial charge in [0.05, 0.1) is 18.1 Å². The standard InChI is InChI=1S/C29H44O5/c1-15(17(3)27(33)34)7-8-16(2)19-9-10-20-25-23(31)13-21-18(4)22(30)11-12-28(21,5)26(25)24(32)14-29(19,20)6/h16-23,30-31H,1,7-14H2,2-6H3,(H,33,34)/t16-,17+,18+,19-,20+,21+,22+,23+,28+,29-/m1/s1. The van der Waals surface area contributed by atoms with Gasteiger partial charge in [0.2, 0.25) is 0 Å². The number of hydrogen-bond donors (Lipinski definition) is 3. The highest BCUT2D eigenvalue weighted by molar-refractivity contribution is 5.99. The molecule has 0 aliphatic heterocycles. The number of aliphatic hydroxyl groups excluding tert-OH is 2. The summed E-state index contributed by atoms with van der Waals surface area (Å²) in [5.74, 6) is 0.0224. The van der Waals surface area contributed by atoms with Gasteiger partial charge >= 0.3 is 5.97 Å². The van der Waals surface area contributed by atoms with Gasteiger partial charge in [0.1, 0.15) is 0 Å². The summed E-state index contributed by atoms with van der Waals surface area (Å²) < 4.78 is 0. The number of hydrogen-bond acceptors (Lipinski definition) is 4. The molecule has 4 aliphatic rings. The first kappa shape index (κ1) is 25.6. The molecule has 0 heterocycles. The zero-order valence-electron chi connectivity index (χ0n) is 21.6. The number of aliphatic carboxylic acids is 1. The predicted octanol–water partition coefficient (Wildman–Crippen LogP) is 5.16. The molecule has 5 nitrogen and oxygen atoms in total. The van der Waals surface area contributed by atoms with Gasteiger partial charge in [-0.1, -0.05) is 39.8 Å². The first-order valence-electron chi connectivity index (χ1n) is 13.4. The normalized spacial score (nSPS) is 43.6. The SMILES string of the molecule is C=C(CC[C@@H](C)[C@H]1CC[C@H]2C3=C(C(=O)C[C@]12C)[C@@]1(C)CC[C@H](O)[C@@H](C)[C@@H]1C[C@@H]3O)[C@H](C)C(=O)O. The molecular weight excluding hydrogens is 428 g/mol. The molecule has 4 rings (SSSR count). The van der Waals surface area contributed by atoms with Gasteiger partial charge in [-0.25, -0.2) is 0 Å². The second kappa shape index (κ2) is 8.89. The monoisotopic (exact) mass is 472 g/mol. The highest BCUT2D eigenvalue weighted by atomic mass is 16.4. The topological polar surface area (TPSA) is 94.8 Å². The minimum Gasteiger partial charge on any atom is -0.481 e. The molecule has 5 heteroatoms. The van der Waals surface area contributed by atoms with Crippen molar-refractivity contribution in [3.8, 4) is 0 Å². The van der Waals surface area contributed by atoms with Crippen LogP contribution in [-0.4, -0.2) is 39.3 Å². The first-order chi connectivity index (χ1) is 15.8. The second-order valence-electron chi connectivity index (χ2n) is 12.6. The fourth-order valence-corrected chi connectivity index (χ4v) is 8.68. The molecule has 3 N–H and O–H groups in total. The van der Waals surface area contributed by atoms with Crippen LogP contribution in [0, 0.1) is 46.3 Å². The minimum absolute atomic E-state index is 0.0844. The third kappa shape index (κ3) is 3.82. The fraction of sp³-hybridized carbons (Fsp3) is 0.793. The van der Waals surface area contributed by atoms with E-state index in [4.69, 9.17) is 0 Å². The molecule has 4 aliphatic carbocycles. The van der Waals surface area contributed by atoms with E-state index in [1.165, 1.54) is 0 Å². The fourth-order valence-electron chi connectivity index (χ4n) is 8.68. The summed E-state index contributed by atoms with van der Waals surface area (Å²) in [6.07, 6.45) is 5.35. The van der Waals surface area contributed by atoms with E-state index in [1.807, 2.05) is 0 Å². The number of Topliss-reactive ketones (excluding diaryl/α,β-unsaturated/α-hetero) is 1. The van der Waals surface area contributed by atoms with Crippen LogP contribution in [0.15, 0.2) is 23.3 Å². The molecule has 0 bridgehead atoms. The van der Waals surface area contributed by atoms with Crippen LogP contribution in [0.5, 0.6) is 0 Å². The number of carboxylic acids is 1. The first-order valence-corrected chi connectivity index (χ1v) is 13.4. The minimum atomic E-state index is -0.828. The van der Waals surface area contributed by atoms with Gasteiger partial charge < -0.3 is 15.3 Å². The van der Waals surface area contributed by atoms with Crippen molar-refractivity contribution in [1.29, 1.82) is 0 Å². The summed E-state index contributed by atoms with van der Waals surface area (Å²) in [4.78, 5) is 25.2. The predicted molar refractivity (Wildman–Crippen MR) is 132 cm³/mol.